The van der Waals surface area contributed by atoms with Crippen molar-refractivity contribution in [2.24, 2.45) is 12.5 Å². The van der Waals surface area contributed by atoms with Crippen molar-refractivity contribution in [1.29, 1.82) is 0 Å². The van der Waals surface area contributed by atoms with Gasteiger partial charge in [0, 0.05) is 12.7 Å². The third-order valence-corrected chi connectivity index (χ3v) is 3.63. The van der Waals surface area contributed by atoms with Crippen LogP contribution in [-0.2, 0) is 11.8 Å². The maximum atomic E-state index is 11.2. The van der Waals surface area contributed by atoms with Gasteiger partial charge in [-0.2, -0.15) is 5.10 Å². The van der Waals surface area contributed by atoms with Gasteiger partial charge in [0.05, 0.1) is 24.2 Å². The van der Waals surface area contributed by atoms with Crippen molar-refractivity contribution < 1.29 is 9.90 Å². The summed E-state index contributed by atoms with van der Waals surface area (Å²) in [5, 5.41) is 25.2. The van der Waals surface area contributed by atoms with Crippen LogP contribution in [-0.4, -0.2) is 41.1 Å². The second-order valence-corrected chi connectivity index (χ2v) is 6.19. The van der Waals surface area contributed by atoms with E-state index in [0.717, 1.165) is 11.3 Å². The lowest BCUT2D eigenvalue weighted by atomic mass is 9.84. The quantitative estimate of drug-likeness (QED) is 0.915. The number of nitrogens with zero attached hydrogens (tertiary/aromatic N) is 6. The van der Waals surface area contributed by atoms with E-state index in [1.165, 1.54) is 0 Å². The number of carbonyl (C=O) groups is 1. The number of aryl methyl sites for hydroxylation is 1. The molecule has 0 saturated carbocycles. The minimum absolute atomic E-state index is 0.0408. The van der Waals surface area contributed by atoms with Crippen LogP contribution in [0.3, 0.4) is 0 Å². The summed E-state index contributed by atoms with van der Waals surface area (Å²) in [4.78, 5) is 11.2. The van der Waals surface area contributed by atoms with E-state index in [9.17, 15) is 4.79 Å². The fourth-order valence-electron chi connectivity index (χ4n) is 2.22. The summed E-state index contributed by atoms with van der Waals surface area (Å²) in [6.07, 6.45) is 1.65. The van der Waals surface area contributed by atoms with E-state index < -0.39 is 5.97 Å². The van der Waals surface area contributed by atoms with E-state index >= 15 is 0 Å². The Morgan fingerprint density at radius 2 is 2.10 bits per heavy atom. The Morgan fingerprint density at radius 1 is 1.43 bits per heavy atom. The van der Waals surface area contributed by atoms with Gasteiger partial charge in [0.25, 0.3) is 0 Å². The van der Waals surface area contributed by atoms with Crippen LogP contribution in [0, 0.1) is 12.3 Å². The van der Waals surface area contributed by atoms with Gasteiger partial charge in [-0.05, 0) is 22.8 Å². The molecule has 0 saturated heterocycles. The highest BCUT2D eigenvalue weighted by Crippen LogP contribution is 2.35. The minimum atomic E-state index is -0.876. The standard InChI is InChI=1S/C13H20N6O2/c1-8-9(7-14-18(8)5)12-15-16-17-19(12)10(6-11(20)21)13(2,3)4/h7,10H,6H2,1-5H3,(H,20,21). The average Bonchev–Trinajstić information content (AvgIpc) is 2.93. The topological polar surface area (TPSA) is 98.7 Å². The first kappa shape index (κ1) is 15.1. The zero-order valence-corrected chi connectivity index (χ0v) is 12.9. The largest absolute Gasteiger partial charge is 0.481 e. The Bertz CT molecular complexity index is 652. The smallest absolute Gasteiger partial charge is 0.305 e. The van der Waals surface area contributed by atoms with Crippen molar-refractivity contribution in [2.45, 2.75) is 40.2 Å². The first-order valence-electron chi connectivity index (χ1n) is 6.70. The zero-order chi connectivity index (χ0) is 15.8. The number of carboxylic acid groups (broad SMARTS) is 1. The van der Waals surface area contributed by atoms with Crippen molar-refractivity contribution in [3.8, 4) is 11.4 Å². The Balaban J connectivity index is 2.51. The van der Waals surface area contributed by atoms with Gasteiger partial charge in [-0.1, -0.05) is 20.8 Å². The Morgan fingerprint density at radius 3 is 2.57 bits per heavy atom. The Labute approximate surface area is 122 Å². The zero-order valence-electron chi connectivity index (χ0n) is 12.9. The molecule has 0 aliphatic rings. The lowest BCUT2D eigenvalue weighted by molar-refractivity contribution is -0.138. The molecular formula is C13H20N6O2. The van der Waals surface area contributed by atoms with E-state index in [0.29, 0.717) is 5.82 Å². The number of carboxylic acids is 1. The summed E-state index contributed by atoms with van der Waals surface area (Å²) >= 11 is 0. The molecule has 0 bridgehead atoms. The monoisotopic (exact) mass is 292 g/mol. The summed E-state index contributed by atoms with van der Waals surface area (Å²) in [6.45, 7) is 7.84. The highest BCUT2D eigenvalue weighted by Gasteiger charge is 2.32. The van der Waals surface area contributed by atoms with Crippen LogP contribution in [0.2, 0.25) is 0 Å². The number of hydrogen-bond acceptors (Lipinski definition) is 5. The summed E-state index contributed by atoms with van der Waals surface area (Å²) in [6, 6.07) is -0.348. The highest BCUT2D eigenvalue weighted by molar-refractivity contribution is 5.67. The van der Waals surface area contributed by atoms with Crippen molar-refractivity contribution >= 4 is 5.97 Å². The van der Waals surface area contributed by atoms with E-state index in [1.54, 1.807) is 15.6 Å². The van der Waals surface area contributed by atoms with E-state index in [2.05, 4.69) is 20.6 Å². The van der Waals surface area contributed by atoms with Gasteiger partial charge in [-0.3, -0.25) is 9.48 Å². The molecule has 0 spiro atoms. The summed E-state index contributed by atoms with van der Waals surface area (Å²) in [5.74, 6) is -0.332. The molecule has 2 aromatic heterocycles. The van der Waals surface area contributed by atoms with Crippen LogP contribution in [0.5, 0.6) is 0 Å². The number of hydrogen-bond donors (Lipinski definition) is 1. The number of tetrazole rings is 1. The molecule has 0 aromatic carbocycles. The summed E-state index contributed by atoms with van der Waals surface area (Å²) in [7, 11) is 1.84. The molecule has 0 aliphatic carbocycles. The van der Waals surface area contributed by atoms with Gasteiger partial charge in [-0.15, -0.1) is 5.10 Å². The van der Waals surface area contributed by atoms with Gasteiger partial charge in [-0.25, -0.2) is 4.68 Å². The number of aromatic nitrogens is 6. The average molecular weight is 292 g/mol. The summed E-state index contributed by atoms with van der Waals surface area (Å²) in [5.41, 5.74) is 1.44. The van der Waals surface area contributed by atoms with Crippen molar-refractivity contribution in [1.82, 2.24) is 30.0 Å². The van der Waals surface area contributed by atoms with E-state index in [-0.39, 0.29) is 17.9 Å². The van der Waals surface area contributed by atoms with Crippen molar-refractivity contribution in [3.63, 3.8) is 0 Å². The maximum absolute atomic E-state index is 11.2. The highest BCUT2D eigenvalue weighted by atomic mass is 16.4. The lowest BCUT2D eigenvalue weighted by Gasteiger charge is -2.29. The Hall–Kier alpha value is -2.25. The molecule has 2 aromatic rings. The van der Waals surface area contributed by atoms with Crippen LogP contribution >= 0.6 is 0 Å². The van der Waals surface area contributed by atoms with Crippen LogP contribution in [0.15, 0.2) is 6.20 Å². The predicted octanol–water partition coefficient (Wildman–Crippen LogP) is 1.44. The van der Waals surface area contributed by atoms with Crippen LogP contribution in [0.25, 0.3) is 11.4 Å². The molecule has 8 heteroatoms. The normalized spacial score (nSPS) is 13.4. The molecule has 114 valence electrons. The molecular weight excluding hydrogens is 272 g/mol. The summed E-state index contributed by atoms with van der Waals surface area (Å²) < 4.78 is 3.33. The van der Waals surface area contributed by atoms with Crippen LogP contribution in [0.1, 0.15) is 38.9 Å². The molecule has 1 atom stereocenters. The minimum Gasteiger partial charge on any atom is -0.481 e. The lowest BCUT2D eigenvalue weighted by Crippen LogP contribution is -2.28. The number of rotatable bonds is 4. The third-order valence-electron chi connectivity index (χ3n) is 3.63. The number of aliphatic carboxylic acids is 1. The van der Waals surface area contributed by atoms with Gasteiger partial charge in [0.1, 0.15) is 0 Å². The molecule has 1 unspecified atom stereocenters. The first-order valence-corrected chi connectivity index (χ1v) is 6.70. The van der Waals surface area contributed by atoms with E-state index in [4.69, 9.17) is 5.11 Å². The molecule has 0 amide bonds. The SMILES string of the molecule is Cc1c(-c2nnnn2C(CC(=O)O)C(C)(C)C)cnn1C. The molecule has 0 fully saturated rings. The van der Waals surface area contributed by atoms with Crippen LogP contribution < -0.4 is 0 Å². The van der Waals surface area contributed by atoms with Crippen molar-refractivity contribution in [3.05, 3.63) is 11.9 Å². The second kappa shape index (κ2) is 5.27. The fraction of sp³-hybridized carbons (Fsp3) is 0.615. The molecule has 0 aliphatic heterocycles. The maximum Gasteiger partial charge on any atom is 0.305 e. The van der Waals surface area contributed by atoms with Gasteiger partial charge in [0.2, 0.25) is 0 Å². The van der Waals surface area contributed by atoms with Gasteiger partial charge < -0.3 is 5.11 Å². The molecule has 0 radical (unpaired) electrons. The molecule has 1 N–H and O–H groups in total. The predicted molar refractivity (Wildman–Crippen MR) is 75.5 cm³/mol. The second-order valence-electron chi connectivity index (χ2n) is 6.19. The van der Waals surface area contributed by atoms with Gasteiger partial charge >= 0.3 is 5.97 Å². The van der Waals surface area contributed by atoms with Crippen LogP contribution in [0.4, 0.5) is 0 Å². The molecule has 8 nitrogen and oxygen atoms in total. The molecule has 2 rings (SSSR count). The Kier molecular flexibility index (Phi) is 3.80. The molecule has 2 heterocycles. The first-order chi connectivity index (χ1) is 9.71. The molecule has 21 heavy (non-hydrogen) atoms. The fourth-order valence-corrected chi connectivity index (χ4v) is 2.22. The third kappa shape index (κ3) is 2.93. The van der Waals surface area contributed by atoms with E-state index in [1.807, 2.05) is 34.7 Å². The van der Waals surface area contributed by atoms with Gasteiger partial charge in [0.15, 0.2) is 5.82 Å². The van der Waals surface area contributed by atoms with Crippen molar-refractivity contribution in [2.75, 3.05) is 0 Å².